The van der Waals surface area contributed by atoms with Crippen LogP contribution in [0.5, 0.6) is 0 Å². The van der Waals surface area contributed by atoms with Crippen molar-refractivity contribution in [3.05, 3.63) is 0 Å². The van der Waals surface area contributed by atoms with E-state index in [2.05, 4.69) is 12.6 Å². The smallest absolute Gasteiger partial charge is 0.307 e. The molecule has 10 heavy (non-hydrogen) atoms. The average molecular weight is 178 g/mol. The lowest BCUT2D eigenvalue weighted by Crippen LogP contribution is -2.26. The number of hydrogen-bond acceptors (Lipinski definition) is 3. The number of aliphatic carboxylic acids is 1. The Morgan fingerprint density at radius 3 is 2.70 bits per heavy atom. The van der Waals surface area contributed by atoms with Crippen molar-refractivity contribution in [2.24, 2.45) is 5.92 Å². The Hall–Kier alpha value is 0.170. The Morgan fingerprint density at radius 1 is 1.60 bits per heavy atom. The lowest BCUT2D eigenvalue weighted by molar-refractivity contribution is -0.141. The molecule has 0 aromatic carbocycles. The number of carboxylic acid groups (broad SMARTS) is 1. The Balaban J connectivity index is 2.39. The Morgan fingerprint density at radius 2 is 2.30 bits per heavy atom. The van der Waals surface area contributed by atoms with Gasteiger partial charge in [0.25, 0.3) is 0 Å². The second kappa shape index (κ2) is 3.53. The summed E-state index contributed by atoms with van der Waals surface area (Å²) in [4.78, 5) is 10.5. The van der Waals surface area contributed by atoms with Crippen LogP contribution in [0.4, 0.5) is 0 Å². The van der Waals surface area contributed by atoms with Crippen molar-refractivity contribution in [3.8, 4) is 0 Å². The predicted octanol–water partition coefficient (Wildman–Crippen LogP) is 1.12. The van der Waals surface area contributed by atoms with Crippen LogP contribution in [0, 0.1) is 5.92 Å². The van der Waals surface area contributed by atoms with Crippen molar-refractivity contribution >= 4 is 30.4 Å². The van der Waals surface area contributed by atoms with Crippen LogP contribution in [0.15, 0.2) is 0 Å². The van der Waals surface area contributed by atoms with Crippen molar-refractivity contribution in [1.82, 2.24) is 0 Å². The van der Waals surface area contributed by atoms with Crippen molar-refractivity contribution in [2.45, 2.75) is 11.7 Å². The second-order valence-corrected chi connectivity index (χ2v) is 4.27. The summed E-state index contributed by atoms with van der Waals surface area (Å²) < 4.78 is 0. The molecule has 1 aliphatic heterocycles. The lowest BCUT2D eigenvalue weighted by atomic mass is 10.1. The van der Waals surface area contributed by atoms with E-state index in [1.165, 1.54) is 0 Å². The summed E-state index contributed by atoms with van der Waals surface area (Å²) in [6.45, 7) is 0. The molecule has 1 aliphatic rings. The van der Waals surface area contributed by atoms with Gasteiger partial charge in [-0.15, -0.1) is 0 Å². The highest BCUT2D eigenvalue weighted by Gasteiger charge is 2.24. The molecule has 1 fully saturated rings. The summed E-state index contributed by atoms with van der Waals surface area (Å²) in [5.74, 6) is 0.909. The maximum atomic E-state index is 10.5. The summed E-state index contributed by atoms with van der Waals surface area (Å²) in [7, 11) is 0. The quantitative estimate of drug-likeness (QED) is 0.591. The van der Waals surface area contributed by atoms with E-state index in [-0.39, 0.29) is 11.2 Å². The molecule has 0 aromatic heterocycles. The number of carbonyl (C=O) groups is 1. The summed E-state index contributed by atoms with van der Waals surface area (Å²) in [6.07, 6.45) is 0.728. The molecule has 0 aliphatic carbocycles. The van der Waals surface area contributed by atoms with Crippen LogP contribution in [0.3, 0.4) is 0 Å². The SMILES string of the molecule is O=C(O)C1CSCC(S)C1. The molecular formula is C6H10O2S2. The van der Waals surface area contributed by atoms with Gasteiger partial charge in [0.1, 0.15) is 0 Å². The van der Waals surface area contributed by atoms with Crippen LogP contribution in [0.2, 0.25) is 0 Å². The molecule has 0 spiro atoms. The fraction of sp³-hybridized carbons (Fsp3) is 0.833. The molecule has 2 nitrogen and oxygen atoms in total. The van der Waals surface area contributed by atoms with Crippen LogP contribution in [-0.2, 0) is 4.79 Å². The van der Waals surface area contributed by atoms with E-state index in [4.69, 9.17) is 5.11 Å². The molecule has 0 radical (unpaired) electrons. The highest BCUT2D eigenvalue weighted by molar-refractivity contribution is 8.00. The number of thioether (sulfide) groups is 1. The fourth-order valence-corrected chi connectivity index (χ4v) is 2.66. The maximum Gasteiger partial charge on any atom is 0.307 e. The average Bonchev–Trinajstić information content (AvgIpc) is 1.88. The van der Waals surface area contributed by atoms with E-state index in [1.54, 1.807) is 11.8 Å². The molecular weight excluding hydrogens is 168 g/mol. The minimum Gasteiger partial charge on any atom is -0.481 e. The minimum absolute atomic E-state index is 0.166. The Bertz CT molecular complexity index is 138. The molecule has 2 unspecified atom stereocenters. The first-order valence-corrected chi connectivity index (χ1v) is 4.86. The minimum atomic E-state index is -0.675. The van der Waals surface area contributed by atoms with Crippen LogP contribution in [0.25, 0.3) is 0 Å². The first kappa shape index (κ1) is 8.27. The van der Waals surface area contributed by atoms with Crippen molar-refractivity contribution < 1.29 is 9.90 Å². The number of hydrogen-bond donors (Lipinski definition) is 2. The van der Waals surface area contributed by atoms with Gasteiger partial charge < -0.3 is 5.11 Å². The van der Waals surface area contributed by atoms with E-state index in [1.807, 2.05) is 0 Å². The molecule has 58 valence electrons. The van der Waals surface area contributed by atoms with Gasteiger partial charge in [0.15, 0.2) is 0 Å². The molecule has 0 aromatic rings. The zero-order valence-electron chi connectivity index (χ0n) is 5.49. The van der Waals surface area contributed by atoms with E-state index in [0.717, 1.165) is 17.9 Å². The van der Waals surface area contributed by atoms with E-state index < -0.39 is 5.97 Å². The number of carboxylic acids is 1. The van der Waals surface area contributed by atoms with E-state index >= 15 is 0 Å². The Labute approximate surface area is 69.8 Å². The molecule has 2 atom stereocenters. The second-order valence-electron chi connectivity index (χ2n) is 2.46. The van der Waals surface area contributed by atoms with Crippen LogP contribution in [-0.4, -0.2) is 27.8 Å². The third-order valence-electron chi connectivity index (χ3n) is 1.54. The van der Waals surface area contributed by atoms with Gasteiger partial charge in [0, 0.05) is 16.8 Å². The summed E-state index contributed by atoms with van der Waals surface area (Å²) in [5, 5.41) is 8.89. The van der Waals surface area contributed by atoms with Crippen molar-refractivity contribution in [2.75, 3.05) is 11.5 Å². The first-order valence-electron chi connectivity index (χ1n) is 3.18. The normalized spacial score (nSPS) is 33.7. The van der Waals surface area contributed by atoms with Gasteiger partial charge in [-0.3, -0.25) is 4.79 Å². The van der Waals surface area contributed by atoms with Crippen LogP contribution in [0.1, 0.15) is 6.42 Å². The Kier molecular flexibility index (Phi) is 2.92. The lowest BCUT2D eigenvalue weighted by Gasteiger charge is -2.21. The maximum absolute atomic E-state index is 10.5. The molecule has 1 saturated heterocycles. The molecule has 1 rings (SSSR count). The van der Waals surface area contributed by atoms with Crippen LogP contribution >= 0.6 is 24.4 Å². The largest absolute Gasteiger partial charge is 0.481 e. The van der Waals surface area contributed by atoms with Gasteiger partial charge in [-0.2, -0.15) is 24.4 Å². The van der Waals surface area contributed by atoms with Gasteiger partial charge in [0.05, 0.1) is 5.92 Å². The number of thiol groups is 1. The molecule has 0 saturated carbocycles. The van der Waals surface area contributed by atoms with Crippen LogP contribution < -0.4 is 0 Å². The highest BCUT2D eigenvalue weighted by atomic mass is 32.2. The first-order chi connectivity index (χ1) is 4.70. The van der Waals surface area contributed by atoms with Crippen molar-refractivity contribution in [3.63, 3.8) is 0 Å². The summed E-state index contributed by atoms with van der Waals surface area (Å²) in [6, 6.07) is 0. The van der Waals surface area contributed by atoms with Crippen molar-refractivity contribution in [1.29, 1.82) is 0 Å². The summed E-state index contributed by atoms with van der Waals surface area (Å²) >= 11 is 5.91. The van der Waals surface area contributed by atoms with Gasteiger partial charge in [-0.1, -0.05) is 0 Å². The standard InChI is InChI=1S/C6H10O2S2/c7-6(8)4-1-5(9)3-10-2-4/h4-5,9H,1-3H2,(H,7,8). The van der Waals surface area contributed by atoms with Gasteiger partial charge in [-0.05, 0) is 6.42 Å². The van der Waals surface area contributed by atoms with E-state index in [9.17, 15) is 4.79 Å². The molecule has 0 bridgehead atoms. The summed E-state index contributed by atoms with van der Waals surface area (Å²) in [5.41, 5.74) is 0. The third-order valence-corrected chi connectivity index (χ3v) is 3.45. The fourth-order valence-electron chi connectivity index (χ4n) is 0.983. The predicted molar refractivity (Wildman–Crippen MR) is 45.8 cm³/mol. The zero-order chi connectivity index (χ0) is 7.56. The highest BCUT2D eigenvalue weighted by Crippen LogP contribution is 2.26. The molecule has 1 heterocycles. The van der Waals surface area contributed by atoms with Gasteiger partial charge in [-0.25, -0.2) is 0 Å². The monoisotopic (exact) mass is 178 g/mol. The molecule has 1 N–H and O–H groups in total. The zero-order valence-corrected chi connectivity index (χ0v) is 7.20. The third kappa shape index (κ3) is 2.09. The topological polar surface area (TPSA) is 37.3 Å². The molecule has 0 amide bonds. The molecule has 4 heteroatoms. The van der Waals surface area contributed by atoms with Gasteiger partial charge >= 0.3 is 5.97 Å². The van der Waals surface area contributed by atoms with E-state index in [0.29, 0.717) is 0 Å². The number of rotatable bonds is 1. The van der Waals surface area contributed by atoms with Gasteiger partial charge in [0.2, 0.25) is 0 Å².